The van der Waals surface area contributed by atoms with Crippen molar-refractivity contribution in [1.82, 2.24) is 10.2 Å². The maximum Gasteiger partial charge on any atom is 0.407 e. The van der Waals surface area contributed by atoms with Gasteiger partial charge in [-0.1, -0.05) is 68.8 Å². The van der Waals surface area contributed by atoms with Crippen LogP contribution in [-0.4, -0.2) is 52.7 Å². The zero-order valence-corrected chi connectivity index (χ0v) is 20.2. The van der Waals surface area contributed by atoms with Crippen molar-refractivity contribution < 1.29 is 24.2 Å². The average molecular weight is 477 g/mol. The van der Waals surface area contributed by atoms with Crippen molar-refractivity contribution in [1.29, 1.82) is 0 Å². The molecule has 5 rings (SSSR count). The highest BCUT2D eigenvalue weighted by Gasteiger charge is 2.67. The van der Waals surface area contributed by atoms with Crippen LogP contribution in [0.3, 0.4) is 0 Å². The lowest BCUT2D eigenvalue weighted by Crippen LogP contribution is -2.59. The summed E-state index contributed by atoms with van der Waals surface area (Å²) < 4.78 is 5.68. The third-order valence-electron chi connectivity index (χ3n) is 8.22. The first kappa shape index (κ1) is 23.4. The number of aliphatic carboxylic acids is 1. The van der Waals surface area contributed by atoms with Crippen LogP contribution in [0.1, 0.15) is 56.6 Å². The van der Waals surface area contributed by atoms with E-state index < -0.39 is 23.6 Å². The van der Waals surface area contributed by atoms with Crippen LogP contribution in [0.5, 0.6) is 0 Å². The summed E-state index contributed by atoms with van der Waals surface area (Å²) in [5.74, 6) is -1.50. The van der Waals surface area contributed by atoms with E-state index in [-0.39, 0.29) is 30.3 Å². The lowest BCUT2D eigenvalue weighted by molar-refractivity contribution is -0.156. The Balaban J connectivity index is 1.30. The number of carbonyl (C=O) groups excluding carboxylic acids is 2. The van der Waals surface area contributed by atoms with Crippen LogP contribution in [0.25, 0.3) is 11.1 Å². The van der Waals surface area contributed by atoms with Gasteiger partial charge in [-0.3, -0.25) is 4.79 Å². The molecule has 35 heavy (non-hydrogen) atoms. The Morgan fingerprint density at radius 2 is 1.74 bits per heavy atom. The summed E-state index contributed by atoms with van der Waals surface area (Å²) in [4.78, 5) is 40.1. The minimum atomic E-state index is -1.11. The van der Waals surface area contributed by atoms with Crippen molar-refractivity contribution in [3.8, 4) is 11.1 Å². The number of carboxylic acid groups (broad SMARTS) is 1. The van der Waals surface area contributed by atoms with Crippen molar-refractivity contribution >= 4 is 18.0 Å². The van der Waals surface area contributed by atoms with Gasteiger partial charge >= 0.3 is 12.1 Å². The molecule has 0 radical (unpaired) electrons. The zero-order chi connectivity index (χ0) is 24.7. The minimum Gasteiger partial charge on any atom is -0.479 e. The number of nitrogens with zero attached hydrogens (tertiary/aromatic N) is 1. The molecular formula is C28H32N2O5. The Bertz CT molecular complexity index is 1120. The van der Waals surface area contributed by atoms with Crippen molar-refractivity contribution in [2.45, 2.75) is 57.0 Å². The highest BCUT2D eigenvalue weighted by Crippen LogP contribution is 2.54. The van der Waals surface area contributed by atoms with E-state index in [1.807, 2.05) is 38.1 Å². The Morgan fingerprint density at radius 1 is 1.11 bits per heavy atom. The number of rotatable bonds is 7. The second kappa shape index (κ2) is 9.02. The number of nitrogens with one attached hydrogen (secondary N) is 1. The van der Waals surface area contributed by atoms with Crippen LogP contribution >= 0.6 is 0 Å². The van der Waals surface area contributed by atoms with Gasteiger partial charge in [0, 0.05) is 12.5 Å². The van der Waals surface area contributed by atoms with Crippen LogP contribution in [0, 0.1) is 11.8 Å². The number of likely N-dealkylation sites (tertiary alicyclic amines) is 1. The molecule has 7 nitrogen and oxygen atoms in total. The number of piperidine rings is 1. The standard InChI is InChI=1S/C28H32N2O5/c1-3-17(2)24(25(31)30-14-8-9-18-15-28(18,30)26(32)33)29-27(34)35-16-23-21-12-6-4-10-19(21)20-11-5-7-13-22(20)23/h4-7,10-13,17-18,23-24H,3,8-9,14-16H2,1-2H3,(H,29,34)(H,32,33)/t17-,18?,24-,28?/m0/s1. The Kier molecular flexibility index (Phi) is 6.03. The predicted molar refractivity (Wildman–Crippen MR) is 131 cm³/mol. The lowest BCUT2D eigenvalue weighted by Gasteiger charge is -2.37. The number of fused-ring (bicyclic) bond motifs is 4. The molecular weight excluding hydrogens is 444 g/mol. The van der Waals surface area contributed by atoms with E-state index in [0.29, 0.717) is 19.4 Å². The van der Waals surface area contributed by atoms with Gasteiger partial charge in [0.2, 0.25) is 5.91 Å². The van der Waals surface area contributed by atoms with Crippen molar-refractivity contribution in [2.24, 2.45) is 11.8 Å². The summed E-state index contributed by atoms with van der Waals surface area (Å²) in [7, 11) is 0. The van der Waals surface area contributed by atoms with Gasteiger partial charge in [-0.25, -0.2) is 9.59 Å². The van der Waals surface area contributed by atoms with E-state index in [1.165, 1.54) is 4.90 Å². The molecule has 2 fully saturated rings. The highest BCUT2D eigenvalue weighted by atomic mass is 16.5. The molecule has 1 saturated carbocycles. The van der Waals surface area contributed by atoms with Crippen LogP contribution in [0.15, 0.2) is 48.5 Å². The molecule has 0 spiro atoms. The fourth-order valence-electron chi connectivity index (χ4n) is 5.99. The second-order valence-corrected chi connectivity index (χ2v) is 10.1. The first-order valence-electron chi connectivity index (χ1n) is 12.5. The topological polar surface area (TPSA) is 95.9 Å². The van der Waals surface area contributed by atoms with E-state index in [1.54, 1.807) is 0 Å². The number of hydrogen-bond acceptors (Lipinski definition) is 4. The van der Waals surface area contributed by atoms with Gasteiger partial charge in [-0.15, -0.1) is 0 Å². The van der Waals surface area contributed by atoms with E-state index in [4.69, 9.17) is 4.74 Å². The third kappa shape index (κ3) is 3.87. The highest BCUT2D eigenvalue weighted by molar-refractivity contribution is 5.94. The van der Waals surface area contributed by atoms with E-state index in [0.717, 1.165) is 35.1 Å². The monoisotopic (exact) mass is 476 g/mol. The van der Waals surface area contributed by atoms with Crippen LogP contribution < -0.4 is 5.32 Å². The molecule has 0 aromatic heterocycles. The van der Waals surface area contributed by atoms with Crippen molar-refractivity contribution in [3.05, 3.63) is 59.7 Å². The molecule has 1 heterocycles. The molecule has 3 aliphatic rings. The quantitative estimate of drug-likeness (QED) is 0.617. The van der Waals surface area contributed by atoms with E-state index in [2.05, 4.69) is 29.6 Å². The zero-order valence-electron chi connectivity index (χ0n) is 20.2. The summed E-state index contributed by atoms with van der Waals surface area (Å²) >= 11 is 0. The number of carbonyl (C=O) groups is 3. The summed E-state index contributed by atoms with van der Waals surface area (Å²) in [6.45, 7) is 4.41. The Hall–Kier alpha value is -3.35. The smallest absolute Gasteiger partial charge is 0.407 e. The SMILES string of the molecule is CC[C@H](C)[C@H](NC(=O)OCC1c2ccccc2-c2ccccc21)C(=O)N1CCCC2CC21C(=O)O. The van der Waals surface area contributed by atoms with Crippen LogP contribution in [0.2, 0.25) is 0 Å². The molecule has 2 aliphatic carbocycles. The van der Waals surface area contributed by atoms with Crippen LogP contribution in [0.4, 0.5) is 4.79 Å². The van der Waals surface area contributed by atoms with Gasteiger partial charge in [0.15, 0.2) is 0 Å². The van der Waals surface area contributed by atoms with Gasteiger partial charge in [0.05, 0.1) is 0 Å². The van der Waals surface area contributed by atoms with Gasteiger partial charge in [0.1, 0.15) is 18.2 Å². The van der Waals surface area contributed by atoms with Gasteiger partial charge in [0.25, 0.3) is 0 Å². The average Bonchev–Trinajstić information content (AvgIpc) is 3.56. The number of carboxylic acids is 1. The molecule has 2 unspecified atom stereocenters. The largest absolute Gasteiger partial charge is 0.479 e. The molecule has 2 aromatic rings. The van der Waals surface area contributed by atoms with Crippen molar-refractivity contribution in [3.63, 3.8) is 0 Å². The van der Waals surface area contributed by atoms with Gasteiger partial charge in [-0.2, -0.15) is 0 Å². The molecule has 4 atom stereocenters. The number of ether oxygens (including phenoxy) is 1. The Labute approximate surface area is 205 Å². The first-order chi connectivity index (χ1) is 16.9. The summed E-state index contributed by atoms with van der Waals surface area (Å²) in [6, 6.07) is 15.4. The number of hydrogen-bond donors (Lipinski definition) is 2. The van der Waals surface area contributed by atoms with Gasteiger partial charge in [-0.05, 0) is 53.4 Å². The summed E-state index contributed by atoms with van der Waals surface area (Å²) in [6.07, 6.45) is 2.11. The second-order valence-electron chi connectivity index (χ2n) is 10.1. The third-order valence-corrected chi connectivity index (χ3v) is 8.22. The molecule has 1 aliphatic heterocycles. The lowest BCUT2D eigenvalue weighted by atomic mass is 9.94. The number of alkyl carbamates (subject to hydrolysis) is 1. The van der Waals surface area contributed by atoms with Gasteiger partial charge < -0.3 is 20.1 Å². The normalized spacial score (nSPS) is 23.9. The molecule has 2 aromatic carbocycles. The van der Waals surface area contributed by atoms with Crippen LogP contribution in [-0.2, 0) is 14.3 Å². The predicted octanol–water partition coefficient (Wildman–Crippen LogP) is 4.41. The molecule has 2 amide bonds. The van der Waals surface area contributed by atoms with E-state index in [9.17, 15) is 19.5 Å². The fraction of sp³-hybridized carbons (Fsp3) is 0.464. The number of benzene rings is 2. The fourth-order valence-corrected chi connectivity index (χ4v) is 5.99. The molecule has 184 valence electrons. The Morgan fingerprint density at radius 3 is 2.34 bits per heavy atom. The van der Waals surface area contributed by atoms with E-state index >= 15 is 0 Å². The summed E-state index contributed by atoms with van der Waals surface area (Å²) in [5, 5.41) is 12.7. The molecule has 1 saturated heterocycles. The first-order valence-corrected chi connectivity index (χ1v) is 12.5. The van der Waals surface area contributed by atoms with Crippen molar-refractivity contribution in [2.75, 3.05) is 13.2 Å². The number of amides is 2. The maximum absolute atomic E-state index is 13.6. The molecule has 2 N–H and O–H groups in total. The molecule has 0 bridgehead atoms. The minimum absolute atomic E-state index is 0.00439. The molecule has 7 heteroatoms. The maximum atomic E-state index is 13.6. The summed E-state index contributed by atoms with van der Waals surface area (Å²) in [5.41, 5.74) is 3.42.